The molecule has 0 fully saturated rings. The lowest BCUT2D eigenvalue weighted by Gasteiger charge is -2.12. The maximum absolute atomic E-state index is 13.0. The van der Waals surface area contributed by atoms with Gasteiger partial charge in [0, 0.05) is 6.07 Å². The monoisotopic (exact) mass is 298 g/mol. The first-order chi connectivity index (χ1) is 9.51. The molecule has 0 amide bonds. The molecule has 1 aromatic heterocycles. The molecular formula is C14H12ClFO4. The van der Waals surface area contributed by atoms with Crippen molar-refractivity contribution in [1.29, 1.82) is 0 Å². The van der Waals surface area contributed by atoms with E-state index in [2.05, 4.69) is 4.74 Å². The molecule has 6 heteroatoms. The summed E-state index contributed by atoms with van der Waals surface area (Å²) in [5.74, 6) is -0.133. The van der Waals surface area contributed by atoms with Crippen LogP contribution in [0.2, 0.25) is 5.02 Å². The number of halogens is 2. The van der Waals surface area contributed by atoms with Crippen LogP contribution >= 0.6 is 11.6 Å². The Morgan fingerprint density at radius 1 is 1.35 bits per heavy atom. The number of methoxy groups -OCH3 is 1. The summed E-state index contributed by atoms with van der Waals surface area (Å²) >= 11 is 5.67. The van der Waals surface area contributed by atoms with Crippen LogP contribution in [0.3, 0.4) is 0 Å². The lowest BCUT2D eigenvalue weighted by Crippen LogP contribution is -2.03. The molecule has 0 aliphatic heterocycles. The highest BCUT2D eigenvalue weighted by molar-refractivity contribution is 6.30. The van der Waals surface area contributed by atoms with Crippen molar-refractivity contribution in [2.24, 2.45) is 0 Å². The summed E-state index contributed by atoms with van der Waals surface area (Å²) in [7, 11) is 1.27. The molecule has 0 radical (unpaired) electrons. The van der Waals surface area contributed by atoms with Crippen LogP contribution in [-0.4, -0.2) is 13.1 Å². The van der Waals surface area contributed by atoms with Crippen LogP contribution in [0.1, 0.15) is 29.3 Å². The number of benzene rings is 1. The molecule has 0 aliphatic rings. The van der Waals surface area contributed by atoms with Gasteiger partial charge in [0.15, 0.2) is 6.10 Å². The minimum absolute atomic E-state index is 0.0237. The Bertz CT molecular complexity index is 623. The topological polar surface area (TPSA) is 48.7 Å². The van der Waals surface area contributed by atoms with Gasteiger partial charge in [-0.2, -0.15) is 0 Å². The fraction of sp³-hybridized carbons (Fsp3) is 0.214. The van der Waals surface area contributed by atoms with Crippen LogP contribution in [0.4, 0.5) is 4.39 Å². The highest BCUT2D eigenvalue weighted by Gasteiger charge is 2.16. The van der Waals surface area contributed by atoms with E-state index in [0.717, 1.165) is 0 Å². The molecule has 0 saturated carbocycles. The lowest BCUT2D eigenvalue weighted by atomic mass is 10.3. The van der Waals surface area contributed by atoms with Crippen LogP contribution in [0, 0.1) is 5.82 Å². The maximum Gasteiger partial charge on any atom is 0.373 e. The molecule has 1 aromatic carbocycles. The zero-order valence-corrected chi connectivity index (χ0v) is 11.6. The summed E-state index contributed by atoms with van der Waals surface area (Å²) in [6.07, 6.45) is -0.463. The molecule has 0 saturated heterocycles. The normalized spacial score (nSPS) is 12.0. The van der Waals surface area contributed by atoms with Crippen LogP contribution < -0.4 is 4.74 Å². The maximum atomic E-state index is 13.0. The zero-order valence-electron chi connectivity index (χ0n) is 10.9. The van der Waals surface area contributed by atoms with Crippen molar-refractivity contribution in [3.8, 4) is 5.75 Å². The van der Waals surface area contributed by atoms with Crippen molar-refractivity contribution in [1.82, 2.24) is 0 Å². The molecule has 0 N–H and O–H groups in total. The fourth-order valence-corrected chi connectivity index (χ4v) is 1.76. The van der Waals surface area contributed by atoms with E-state index in [1.165, 1.54) is 31.4 Å². The Balaban J connectivity index is 2.11. The Kier molecular flexibility index (Phi) is 4.29. The Hall–Kier alpha value is -2.01. The third kappa shape index (κ3) is 3.11. The lowest BCUT2D eigenvalue weighted by molar-refractivity contribution is 0.0558. The Morgan fingerprint density at radius 3 is 2.75 bits per heavy atom. The van der Waals surface area contributed by atoms with Gasteiger partial charge in [-0.05, 0) is 31.2 Å². The van der Waals surface area contributed by atoms with Gasteiger partial charge in [0.1, 0.15) is 17.3 Å². The van der Waals surface area contributed by atoms with Gasteiger partial charge >= 0.3 is 5.97 Å². The summed E-state index contributed by atoms with van der Waals surface area (Å²) in [6.45, 7) is 1.73. The quantitative estimate of drug-likeness (QED) is 0.801. The van der Waals surface area contributed by atoms with Gasteiger partial charge < -0.3 is 13.9 Å². The van der Waals surface area contributed by atoms with Crippen molar-refractivity contribution in [2.75, 3.05) is 7.11 Å². The number of esters is 1. The van der Waals surface area contributed by atoms with E-state index in [-0.39, 0.29) is 10.8 Å². The van der Waals surface area contributed by atoms with E-state index in [4.69, 9.17) is 20.8 Å². The second-order valence-electron chi connectivity index (χ2n) is 4.03. The smallest absolute Gasteiger partial charge is 0.373 e. The first-order valence-electron chi connectivity index (χ1n) is 5.81. The van der Waals surface area contributed by atoms with E-state index < -0.39 is 17.9 Å². The van der Waals surface area contributed by atoms with Crippen LogP contribution in [0.25, 0.3) is 0 Å². The second kappa shape index (κ2) is 5.96. The number of hydrogen-bond acceptors (Lipinski definition) is 4. The number of carbonyl (C=O) groups excluding carboxylic acids is 1. The SMILES string of the molecule is COC(=O)c1ccc(C(C)Oc2ccc(F)c(Cl)c2)o1. The van der Waals surface area contributed by atoms with Gasteiger partial charge in [-0.3, -0.25) is 0 Å². The van der Waals surface area contributed by atoms with Crippen molar-refractivity contribution in [2.45, 2.75) is 13.0 Å². The number of hydrogen-bond donors (Lipinski definition) is 0. The summed E-state index contributed by atoms with van der Waals surface area (Å²) in [5.41, 5.74) is 0. The third-order valence-electron chi connectivity index (χ3n) is 2.62. The predicted molar refractivity (Wildman–Crippen MR) is 70.5 cm³/mol. The molecule has 20 heavy (non-hydrogen) atoms. The number of carbonyl (C=O) groups is 1. The fourth-order valence-electron chi connectivity index (χ4n) is 1.59. The minimum atomic E-state index is -0.562. The van der Waals surface area contributed by atoms with Gasteiger partial charge in [-0.15, -0.1) is 0 Å². The summed E-state index contributed by atoms with van der Waals surface area (Å²) in [4.78, 5) is 11.3. The first kappa shape index (κ1) is 14.4. The molecule has 106 valence electrons. The van der Waals surface area contributed by atoms with Gasteiger partial charge in [-0.25, -0.2) is 9.18 Å². The average Bonchev–Trinajstić information content (AvgIpc) is 2.92. The van der Waals surface area contributed by atoms with Gasteiger partial charge in [0.05, 0.1) is 12.1 Å². The molecule has 1 unspecified atom stereocenters. The second-order valence-corrected chi connectivity index (χ2v) is 4.44. The van der Waals surface area contributed by atoms with Crippen molar-refractivity contribution >= 4 is 17.6 Å². The van der Waals surface area contributed by atoms with Crippen LogP contribution in [-0.2, 0) is 4.74 Å². The van der Waals surface area contributed by atoms with Gasteiger partial charge in [0.25, 0.3) is 0 Å². The van der Waals surface area contributed by atoms with Crippen LogP contribution in [0.15, 0.2) is 34.7 Å². The van der Waals surface area contributed by atoms with E-state index in [1.54, 1.807) is 13.0 Å². The third-order valence-corrected chi connectivity index (χ3v) is 2.91. The highest BCUT2D eigenvalue weighted by atomic mass is 35.5. The molecule has 0 spiro atoms. The predicted octanol–water partition coefficient (Wildman–Crippen LogP) is 4.00. The molecular weight excluding hydrogens is 287 g/mol. The zero-order chi connectivity index (χ0) is 14.7. The molecule has 1 atom stereocenters. The summed E-state index contributed by atoms with van der Waals surface area (Å²) < 4.78 is 28.5. The minimum Gasteiger partial charge on any atom is -0.483 e. The number of furan rings is 1. The highest BCUT2D eigenvalue weighted by Crippen LogP contribution is 2.27. The summed E-state index contributed by atoms with van der Waals surface area (Å²) in [5, 5.41) is -0.0237. The molecule has 1 heterocycles. The van der Waals surface area contributed by atoms with Crippen molar-refractivity contribution in [3.05, 3.63) is 52.7 Å². The van der Waals surface area contributed by atoms with Crippen molar-refractivity contribution < 1.29 is 23.1 Å². The molecule has 2 rings (SSSR count). The first-order valence-corrected chi connectivity index (χ1v) is 6.19. The molecule has 4 nitrogen and oxygen atoms in total. The van der Waals surface area contributed by atoms with E-state index >= 15 is 0 Å². The van der Waals surface area contributed by atoms with E-state index in [9.17, 15) is 9.18 Å². The Morgan fingerprint density at radius 2 is 2.10 bits per heavy atom. The molecule has 0 bridgehead atoms. The Labute approximate surface area is 120 Å². The molecule has 2 aromatic rings. The van der Waals surface area contributed by atoms with Gasteiger partial charge in [-0.1, -0.05) is 11.6 Å². The average molecular weight is 299 g/mol. The largest absolute Gasteiger partial charge is 0.483 e. The molecule has 0 aliphatic carbocycles. The van der Waals surface area contributed by atoms with E-state index in [1.807, 2.05) is 0 Å². The number of ether oxygens (including phenoxy) is 2. The van der Waals surface area contributed by atoms with Gasteiger partial charge in [0.2, 0.25) is 5.76 Å². The van der Waals surface area contributed by atoms with E-state index in [0.29, 0.717) is 11.5 Å². The standard InChI is InChI=1S/C14H12ClFO4/c1-8(12-5-6-13(20-12)14(17)18-2)19-9-3-4-11(16)10(15)7-9/h3-8H,1-2H3. The summed E-state index contributed by atoms with van der Waals surface area (Å²) in [6, 6.07) is 7.16. The number of rotatable bonds is 4. The van der Waals surface area contributed by atoms with Crippen molar-refractivity contribution in [3.63, 3.8) is 0 Å². The van der Waals surface area contributed by atoms with Crippen LogP contribution in [0.5, 0.6) is 5.75 Å².